The average Bonchev–Trinajstić information content (AvgIpc) is 3.82. The zero-order chi connectivity index (χ0) is 36.3. The Morgan fingerprint density at radius 3 is 1.13 bits per heavy atom. The molecule has 0 fully saturated rings. The van der Waals surface area contributed by atoms with E-state index < -0.39 is 61.3 Å². The van der Waals surface area contributed by atoms with Crippen molar-refractivity contribution >= 4 is 96.7 Å². The normalized spacial score (nSPS) is 13.6. The third-order valence-corrected chi connectivity index (χ3v) is 11.6. The van der Waals surface area contributed by atoms with Crippen molar-refractivity contribution in [3.8, 4) is 0 Å². The summed E-state index contributed by atoms with van der Waals surface area (Å²) in [5.41, 5.74) is 0.205. The molecular formula is C32H20N8O9S3. The van der Waals surface area contributed by atoms with Gasteiger partial charge >= 0.3 is 0 Å². The molecule has 7 N–H and O–H groups in total. The third-order valence-electron chi connectivity index (χ3n) is 8.64. The fourth-order valence-electron chi connectivity index (χ4n) is 6.54. The molecule has 9 rings (SSSR count). The van der Waals surface area contributed by atoms with Crippen molar-refractivity contribution in [2.24, 2.45) is 20.0 Å². The Labute approximate surface area is 290 Å². The van der Waals surface area contributed by atoms with Crippen LogP contribution in [0.1, 0.15) is 0 Å². The van der Waals surface area contributed by atoms with Gasteiger partial charge in [0.05, 0.1) is 5.39 Å². The summed E-state index contributed by atoms with van der Waals surface area (Å²) in [5, 5.41) is 2.61. The van der Waals surface area contributed by atoms with Crippen LogP contribution in [0.2, 0.25) is 0 Å². The van der Waals surface area contributed by atoms with Crippen molar-refractivity contribution < 1.29 is 38.9 Å². The summed E-state index contributed by atoms with van der Waals surface area (Å²) in [7, 11) is -17.1. The minimum Gasteiger partial charge on any atom is -0.324 e. The molecule has 4 aromatic carbocycles. The van der Waals surface area contributed by atoms with Gasteiger partial charge in [0.25, 0.3) is 30.4 Å². The molecule has 52 heavy (non-hydrogen) atoms. The van der Waals surface area contributed by atoms with Crippen molar-refractivity contribution in [2.75, 3.05) is 0 Å². The summed E-state index contributed by atoms with van der Waals surface area (Å²) in [6.45, 7) is 0. The topological polar surface area (TPSA) is 276 Å². The Balaban J connectivity index is 1.57. The first kappa shape index (κ1) is 31.9. The highest BCUT2D eigenvalue weighted by Crippen LogP contribution is 2.37. The van der Waals surface area contributed by atoms with Crippen LogP contribution in [0.4, 0.5) is 23.3 Å². The van der Waals surface area contributed by atoms with Crippen LogP contribution < -0.4 is 22.0 Å². The lowest BCUT2D eigenvalue weighted by molar-refractivity contribution is 0.457. The van der Waals surface area contributed by atoms with Crippen LogP contribution in [0.3, 0.4) is 0 Å². The van der Waals surface area contributed by atoms with Crippen molar-refractivity contribution in [1.82, 2.24) is 19.9 Å². The van der Waals surface area contributed by atoms with E-state index in [1.54, 1.807) is 48.5 Å². The number of aromatic amines is 4. The van der Waals surface area contributed by atoms with Crippen molar-refractivity contribution in [1.29, 1.82) is 0 Å². The van der Waals surface area contributed by atoms with Crippen LogP contribution >= 0.6 is 0 Å². The number of hydrogen-bond acceptors (Lipinski definition) is 10. The van der Waals surface area contributed by atoms with E-state index >= 15 is 0 Å². The standard InChI is InChI=1S/C32H20N8O9S3/c41-50(42,43)21-13-20-22(24(52(47,48)49)23(21)51(44,45)46)32-39-30-19-12-6-5-11-18(19)28(37-30)35-26-15-8-2-1-7-14(15)25(33-26)34-27-16-9-3-4-10-17(16)29(36-27)38-31(20)40-32/h1-13H,(H,41,42,43)(H,44,45,46)(H,47,48,49)(H4,33,34,35,36,37,38,39,40). The minimum atomic E-state index is -5.77. The molecule has 0 saturated carbocycles. The fraction of sp³-hybridized carbons (Fsp3) is 0. The van der Waals surface area contributed by atoms with Crippen LogP contribution in [-0.2, 0) is 30.4 Å². The highest BCUT2D eigenvalue weighted by molar-refractivity contribution is 7.90. The Kier molecular flexibility index (Phi) is 6.59. The molecular weight excluding hydrogens is 737 g/mol. The van der Waals surface area contributed by atoms with Crippen LogP contribution in [0, 0.1) is 0 Å². The Morgan fingerprint density at radius 2 is 0.750 bits per heavy atom. The number of aromatic nitrogens is 4. The van der Waals surface area contributed by atoms with Gasteiger partial charge in [0.2, 0.25) is 0 Å². The quantitative estimate of drug-likeness (QED) is 0.130. The van der Waals surface area contributed by atoms with Gasteiger partial charge in [0.15, 0.2) is 0 Å². The van der Waals surface area contributed by atoms with Gasteiger partial charge in [-0.3, -0.25) is 13.7 Å². The summed E-state index contributed by atoms with van der Waals surface area (Å²) in [6, 6.07) is 22.0. The Hall–Kier alpha value is -6.03. The van der Waals surface area contributed by atoms with E-state index in [0.717, 1.165) is 10.8 Å². The first-order valence-corrected chi connectivity index (χ1v) is 19.3. The van der Waals surface area contributed by atoms with Gasteiger partial charge in [-0.1, -0.05) is 72.8 Å². The molecule has 260 valence electrons. The lowest BCUT2D eigenvalue weighted by Crippen LogP contribution is -2.17. The molecule has 1 aliphatic rings. The molecule has 0 unspecified atom stereocenters. The maximum absolute atomic E-state index is 13.0. The van der Waals surface area contributed by atoms with Gasteiger partial charge in [-0.05, 0) is 6.07 Å². The molecule has 0 radical (unpaired) electrons. The molecule has 0 aliphatic carbocycles. The van der Waals surface area contributed by atoms with Gasteiger partial charge < -0.3 is 19.9 Å². The van der Waals surface area contributed by atoms with Crippen molar-refractivity contribution in [2.45, 2.75) is 14.7 Å². The number of nitrogens with zero attached hydrogens (tertiary/aromatic N) is 4. The molecule has 5 heterocycles. The summed E-state index contributed by atoms with van der Waals surface area (Å²) >= 11 is 0. The Bertz CT molecular complexity index is 3510. The lowest BCUT2D eigenvalue weighted by Gasteiger charge is -2.10. The number of hydrogen-bond donors (Lipinski definition) is 7. The number of benzene rings is 4. The number of fused-ring (bicyclic) bond motifs is 20. The highest BCUT2D eigenvalue weighted by Gasteiger charge is 2.36. The molecule has 0 spiro atoms. The smallest absolute Gasteiger partial charge is 0.297 e. The summed E-state index contributed by atoms with van der Waals surface area (Å²) in [4.78, 5) is 26.5. The number of H-pyrrole nitrogens is 4. The Morgan fingerprint density at radius 1 is 0.404 bits per heavy atom. The molecule has 0 saturated heterocycles. The second-order valence-electron chi connectivity index (χ2n) is 11.8. The van der Waals surface area contributed by atoms with E-state index in [1.807, 2.05) is 24.3 Å². The predicted molar refractivity (Wildman–Crippen MR) is 186 cm³/mol. The summed E-state index contributed by atoms with van der Waals surface area (Å²) in [5.74, 6) is 0.887. The first-order chi connectivity index (χ1) is 24.7. The molecule has 8 bridgehead atoms. The molecule has 0 amide bonds. The predicted octanol–water partition coefficient (Wildman–Crippen LogP) is 3.47. The summed E-state index contributed by atoms with van der Waals surface area (Å²) < 4.78 is 107. The van der Waals surface area contributed by atoms with E-state index in [2.05, 4.69) is 29.9 Å². The zero-order valence-corrected chi connectivity index (χ0v) is 28.3. The molecule has 4 aromatic heterocycles. The van der Waals surface area contributed by atoms with Gasteiger partial charge in [0.1, 0.15) is 59.9 Å². The molecule has 8 aromatic rings. The SMILES string of the molecule is O=S(=O)(O)c1cc2c3[nH]c(c2c(S(=O)(=O)O)c1S(=O)(=O)O)=Nc1[nH]c(c2ccccc12)N=c1[nH]c(c2ccccc12)=Nc1[nH]c(c2ccccc12)N=3. The van der Waals surface area contributed by atoms with E-state index in [1.165, 1.54) is 0 Å². The largest absolute Gasteiger partial charge is 0.324 e. The van der Waals surface area contributed by atoms with Crippen LogP contribution in [0.25, 0.3) is 43.1 Å². The average molecular weight is 757 g/mol. The van der Waals surface area contributed by atoms with E-state index in [0.29, 0.717) is 50.2 Å². The second kappa shape index (κ2) is 10.7. The molecule has 0 atom stereocenters. The first-order valence-electron chi connectivity index (χ1n) is 15.0. The van der Waals surface area contributed by atoms with Gasteiger partial charge in [-0.25, -0.2) is 20.0 Å². The lowest BCUT2D eigenvalue weighted by atomic mass is 10.2. The third kappa shape index (κ3) is 4.88. The fourth-order valence-corrected chi connectivity index (χ4v) is 9.93. The van der Waals surface area contributed by atoms with Crippen molar-refractivity contribution in [3.05, 3.63) is 101 Å². The monoisotopic (exact) mass is 756 g/mol. The second-order valence-corrected chi connectivity index (χ2v) is 15.9. The van der Waals surface area contributed by atoms with Crippen LogP contribution in [0.15, 0.2) is 114 Å². The van der Waals surface area contributed by atoms with Gasteiger partial charge in [0, 0.05) is 37.7 Å². The van der Waals surface area contributed by atoms with E-state index in [9.17, 15) is 38.9 Å². The highest BCUT2D eigenvalue weighted by atomic mass is 32.2. The van der Waals surface area contributed by atoms with Crippen LogP contribution in [0.5, 0.6) is 0 Å². The number of nitrogens with one attached hydrogen (secondary N) is 4. The van der Waals surface area contributed by atoms with E-state index in [-0.39, 0.29) is 17.1 Å². The van der Waals surface area contributed by atoms with Gasteiger partial charge in [-0.15, -0.1) is 0 Å². The van der Waals surface area contributed by atoms with Gasteiger partial charge in [-0.2, -0.15) is 25.3 Å². The van der Waals surface area contributed by atoms with E-state index in [4.69, 9.17) is 9.98 Å². The number of rotatable bonds is 3. The zero-order valence-electron chi connectivity index (χ0n) is 25.8. The molecule has 1 aliphatic heterocycles. The maximum atomic E-state index is 13.0. The minimum absolute atomic E-state index is 0.0816. The maximum Gasteiger partial charge on any atom is 0.297 e. The van der Waals surface area contributed by atoms with Crippen LogP contribution in [-0.4, -0.2) is 58.8 Å². The summed E-state index contributed by atoms with van der Waals surface area (Å²) in [6.07, 6.45) is 0. The molecule has 17 nitrogen and oxygen atoms in total. The van der Waals surface area contributed by atoms with Crippen molar-refractivity contribution in [3.63, 3.8) is 0 Å². The molecule has 20 heteroatoms.